The molecular weight excluding hydrogens is 480 g/mol. The lowest BCUT2D eigenvalue weighted by Crippen LogP contribution is -2.24. The highest BCUT2D eigenvalue weighted by molar-refractivity contribution is 7.17. The van der Waals surface area contributed by atoms with Crippen LogP contribution in [0.25, 0.3) is 22.5 Å². The lowest BCUT2D eigenvalue weighted by atomic mass is 9.95. The number of primary amides is 1. The summed E-state index contributed by atoms with van der Waals surface area (Å²) in [4.78, 5) is 39.0. The molecule has 0 saturated heterocycles. The van der Waals surface area contributed by atoms with Crippen LogP contribution in [0.3, 0.4) is 0 Å². The number of hydrogen-bond donors (Lipinski definition) is 2. The van der Waals surface area contributed by atoms with Gasteiger partial charge in [-0.25, -0.2) is 0 Å². The number of ether oxygens (including phenoxy) is 1. The molecular formula is C24H19ClN2O6S. The quantitative estimate of drug-likeness (QED) is 0.394. The van der Waals surface area contributed by atoms with Gasteiger partial charge in [-0.2, -0.15) is 0 Å². The van der Waals surface area contributed by atoms with E-state index in [1.54, 1.807) is 24.3 Å². The summed E-state index contributed by atoms with van der Waals surface area (Å²) in [7, 11) is 0. The van der Waals surface area contributed by atoms with E-state index in [2.05, 4.69) is 5.32 Å². The zero-order valence-electron chi connectivity index (χ0n) is 17.8. The number of furan rings is 1. The van der Waals surface area contributed by atoms with Crippen molar-refractivity contribution < 1.29 is 23.2 Å². The van der Waals surface area contributed by atoms with Gasteiger partial charge in [0.15, 0.2) is 12.4 Å². The number of carbonyl (C=O) groups excluding carboxylic acids is 2. The van der Waals surface area contributed by atoms with E-state index in [9.17, 15) is 14.4 Å². The Balaban J connectivity index is 1.44. The van der Waals surface area contributed by atoms with Gasteiger partial charge in [0.05, 0.1) is 17.2 Å². The number of fused-ring (bicyclic) bond motifs is 2. The molecule has 0 spiro atoms. The van der Waals surface area contributed by atoms with Gasteiger partial charge in [-0.05, 0) is 61.6 Å². The Morgan fingerprint density at radius 2 is 2.03 bits per heavy atom. The predicted molar refractivity (Wildman–Crippen MR) is 129 cm³/mol. The molecule has 1 aliphatic carbocycles. The van der Waals surface area contributed by atoms with Crippen molar-refractivity contribution in [1.29, 1.82) is 0 Å². The third-order valence-corrected chi connectivity index (χ3v) is 7.02. The monoisotopic (exact) mass is 498 g/mol. The number of aryl methyl sites for hydroxylation is 1. The average Bonchev–Trinajstić information content (AvgIpc) is 3.46. The summed E-state index contributed by atoms with van der Waals surface area (Å²) in [5.41, 5.74) is 6.66. The number of anilines is 1. The normalized spacial score (nSPS) is 13.0. The molecule has 2 amide bonds. The summed E-state index contributed by atoms with van der Waals surface area (Å²) in [5.74, 6) is -0.978. The summed E-state index contributed by atoms with van der Waals surface area (Å²) in [6, 6.07) is 7.90. The minimum Gasteiger partial charge on any atom is -0.476 e. The van der Waals surface area contributed by atoms with Gasteiger partial charge < -0.3 is 24.6 Å². The predicted octanol–water partition coefficient (Wildman–Crippen LogP) is 4.76. The second kappa shape index (κ2) is 9.00. The van der Waals surface area contributed by atoms with Crippen molar-refractivity contribution in [2.75, 3.05) is 11.9 Å². The molecule has 3 aromatic heterocycles. The van der Waals surface area contributed by atoms with Crippen molar-refractivity contribution >= 4 is 50.7 Å². The second-order valence-corrected chi connectivity index (χ2v) is 9.36. The van der Waals surface area contributed by atoms with Crippen molar-refractivity contribution in [1.82, 2.24) is 0 Å². The summed E-state index contributed by atoms with van der Waals surface area (Å²) in [5, 5.41) is 3.68. The number of thiophene rings is 1. The van der Waals surface area contributed by atoms with Crippen molar-refractivity contribution in [3.05, 3.63) is 67.8 Å². The molecule has 174 valence electrons. The number of hydrogen-bond acceptors (Lipinski definition) is 7. The second-order valence-electron chi connectivity index (χ2n) is 7.82. The SMILES string of the molecule is NC(=O)c1c(NC(=O)COc2c(-c3ccco3)oc3ccc(Cl)cc3c2=O)sc2c1CCCC2. The number of carbonyl (C=O) groups is 2. The van der Waals surface area contributed by atoms with E-state index in [4.69, 9.17) is 30.9 Å². The van der Waals surface area contributed by atoms with Crippen LogP contribution >= 0.6 is 22.9 Å². The van der Waals surface area contributed by atoms with Crippen LogP contribution in [0.1, 0.15) is 33.6 Å². The Kier molecular flexibility index (Phi) is 5.89. The number of amides is 2. The van der Waals surface area contributed by atoms with Crippen LogP contribution in [0.2, 0.25) is 5.02 Å². The van der Waals surface area contributed by atoms with Crippen LogP contribution in [0.15, 0.2) is 50.2 Å². The third-order valence-electron chi connectivity index (χ3n) is 5.57. The molecule has 34 heavy (non-hydrogen) atoms. The van der Waals surface area contributed by atoms with Crippen LogP contribution < -0.4 is 21.2 Å². The highest BCUT2D eigenvalue weighted by atomic mass is 35.5. The number of rotatable bonds is 6. The Bertz CT molecular complexity index is 1470. The average molecular weight is 499 g/mol. The molecule has 0 radical (unpaired) electrons. The fraction of sp³-hybridized carbons (Fsp3) is 0.208. The van der Waals surface area contributed by atoms with E-state index in [1.807, 2.05) is 0 Å². The molecule has 0 unspecified atom stereocenters. The van der Waals surface area contributed by atoms with Gasteiger partial charge in [0.1, 0.15) is 10.6 Å². The smallest absolute Gasteiger partial charge is 0.262 e. The summed E-state index contributed by atoms with van der Waals surface area (Å²) >= 11 is 7.39. The maximum absolute atomic E-state index is 13.2. The highest BCUT2D eigenvalue weighted by Crippen LogP contribution is 2.38. The molecule has 3 N–H and O–H groups in total. The molecule has 3 heterocycles. The number of nitrogens with one attached hydrogen (secondary N) is 1. The van der Waals surface area contributed by atoms with Crippen molar-refractivity contribution in [3.8, 4) is 17.3 Å². The fourth-order valence-electron chi connectivity index (χ4n) is 4.07. The largest absolute Gasteiger partial charge is 0.476 e. The molecule has 0 aliphatic heterocycles. The maximum Gasteiger partial charge on any atom is 0.262 e. The van der Waals surface area contributed by atoms with Crippen LogP contribution in [0.4, 0.5) is 5.00 Å². The lowest BCUT2D eigenvalue weighted by molar-refractivity contribution is -0.118. The molecule has 0 bridgehead atoms. The Morgan fingerprint density at radius 3 is 2.79 bits per heavy atom. The molecule has 5 rings (SSSR count). The van der Waals surface area contributed by atoms with Gasteiger partial charge >= 0.3 is 0 Å². The number of halogens is 1. The fourth-order valence-corrected chi connectivity index (χ4v) is 5.55. The first-order valence-electron chi connectivity index (χ1n) is 10.6. The van der Waals surface area contributed by atoms with Gasteiger partial charge in [0, 0.05) is 9.90 Å². The molecule has 8 nitrogen and oxygen atoms in total. The first-order chi connectivity index (χ1) is 16.4. The van der Waals surface area contributed by atoms with Crippen molar-refractivity contribution in [2.24, 2.45) is 5.73 Å². The van der Waals surface area contributed by atoms with Crippen molar-refractivity contribution in [2.45, 2.75) is 25.7 Å². The maximum atomic E-state index is 13.2. The molecule has 1 aliphatic rings. The highest BCUT2D eigenvalue weighted by Gasteiger charge is 2.26. The molecule has 4 aromatic rings. The van der Waals surface area contributed by atoms with E-state index in [-0.39, 0.29) is 22.7 Å². The van der Waals surface area contributed by atoms with Crippen LogP contribution in [0.5, 0.6) is 5.75 Å². The summed E-state index contributed by atoms with van der Waals surface area (Å²) in [6.07, 6.45) is 5.03. The Labute approximate surface area is 202 Å². The first-order valence-corrected chi connectivity index (χ1v) is 11.8. The van der Waals surface area contributed by atoms with E-state index in [0.29, 0.717) is 21.2 Å². The molecule has 10 heteroatoms. The van der Waals surface area contributed by atoms with E-state index in [1.165, 1.54) is 23.7 Å². The van der Waals surface area contributed by atoms with Crippen molar-refractivity contribution in [3.63, 3.8) is 0 Å². The Hall–Kier alpha value is -3.56. The topological polar surface area (TPSA) is 125 Å². The Morgan fingerprint density at radius 1 is 1.21 bits per heavy atom. The van der Waals surface area contributed by atoms with E-state index < -0.39 is 23.9 Å². The summed E-state index contributed by atoms with van der Waals surface area (Å²) in [6.45, 7) is -0.495. The van der Waals surface area contributed by atoms with Gasteiger partial charge in [0.2, 0.25) is 16.9 Å². The van der Waals surface area contributed by atoms with Crippen LogP contribution in [0, 0.1) is 0 Å². The molecule has 0 saturated carbocycles. The zero-order valence-corrected chi connectivity index (χ0v) is 19.4. The molecule has 1 aromatic carbocycles. The van der Waals surface area contributed by atoms with E-state index >= 15 is 0 Å². The molecule has 0 fully saturated rings. The number of benzene rings is 1. The lowest BCUT2D eigenvalue weighted by Gasteiger charge is -2.11. The standard InChI is InChI=1S/C24H19ClN2O6S/c25-12-7-8-15-14(10-12)20(29)22(21(33-15)16-5-3-9-31-16)32-11-18(28)27-24-19(23(26)30)13-4-1-2-6-17(13)34-24/h3,5,7-10H,1-2,4,6,11H2,(H2,26,30)(H,27,28). The minimum atomic E-state index is -0.581. The minimum absolute atomic E-state index is 0.0574. The van der Waals surface area contributed by atoms with Gasteiger partial charge in [-0.1, -0.05) is 11.6 Å². The summed E-state index contributed by atoms with van der Waals surface area (Å²) < 4.78 is 16.9. The number of nitrogens with two attached hydrogens (primary N) is 1. The van der Waals surface area contributed by atoms with E-state index in [0.717, 1.165) is 36.1 Å². The first kappa shape index (κ1) is 22.2. The van der Waals surface area contributed by atoms with Gasteiger partial charge in [-0.3, -0.25) is 14.4 Å². The zero-order chi connectivity index (χ0) is 23.8. The molecule has 0 atom stereocenters. The third kappa shape index (κ3) is 4.08. The van der Waals surface area contributed by atoms with Gasteiger partial charge in [0.25, 0.3) is 11.8 Å². The van der Waals surface area contributed by atoms with Gasteiger partial charge in [-0.15, -0.1) is 11.3 Å². The van der Waals surface area contributed by atoms with Crippen LogP contribution in [-0.4, -0.2) is 18.4 Å². The van der Waals surface area contributed by atoms with Crippen LogP contribution in [-0.2, 0) is 17.6 Å².